The largest absolute Gasteiger partial charge is 0.478 e. The van der Waals surface area contributed by atoms with Crippen molar-refractivity contribution in [2.24, 2.45) is 0 Å². The van der Waals surface area contributed by atoms with Crippen LogP contribution in [0, 0.1) is 6.92 Å². The molecule has 0 radical (unpaired) electrons. The molecule has 0 aliphatic carbocycles. The highest BCUT2D eigenvalue weighted by atomic mass is 16.7. The van der Waals surface area contributed by atoms with Crippen LogP contribution in [0.2, 0.25) is 0 Å². The fourth-order valence-electron chi connectivity index (χ4n) is 3.17. The lowest BCUT2D eigenvalue weighted by Crippen LogP contribution is -2.48. The number of ether oxygens (including phenoxy) is 3. The molecule has 2 aromatic carbocycles. The van der Waals surface area contributed by atoms with Crippen molar-refractivity contribution in [1.29, 1.82) is 0 Å². The first-order valence-corrected chi connectivity index (χ1v) is 8.83. The summed E-state index contributed by atoms with van der Waals surface area (Å²) < 4.78 is 16.4. The van der Waals surface area contributed by atoms with E-state index in [-0.39, 0.29) is 25.2 Å². The van der Waals surface area contributed by atoms with E-state index in [1.165, 1.54) is 4.90 Å². The summed E-state index contributed by atoms with van der Waals surface area (Å²) in [4.78, 5) is 26.8. The molecule has 1 atom stereocenters. The molecule has 2 amide bonds. The van der Waals surface area contributed by atoms with E-state index in [0.717, 1.165) is 5.56 Å². The Morgan fingerprint density at radius 1 is 1.15 bits per heavy atom. The Balaban J connectivity index is 1.54. The van der Waals surface area contributed by atoms with Gasteiger partial charge in [-0.2, -0.15) is 0 Å². The predicted octanol–water partition coefficient (Wildman–Crippen LogP) is 2.87. The van der Waals surface area contributed by atoms with Gasteiger partial charge in [0.2, 0.25) is 12.7 Å². The Morgan fingerprint density at radius 3 is 2.74 bits per heavy atom. The number of nitrogens with one attached hydrogen (secondary N) is 1. The number of benzene rings is 2. The van der Waals surface area contributed by atoms with E-state index in [1.54, 1.807) is 18.2 Å². The third-order valence-corrected chi connectivity index (χ3v) is 4.54. The van der Waals surface area contributed by atoms with Crippen molar-refractivity contribution >= 4 is 23.2 Å². The molecule has 1 N–H and O–H groups in total. The Hall–Kier alpha value is -3.22. The van der Waals surface area contributed by atoms with Crippen molar-refractivity contribution in [2.45, 2.75) is 26.4 Å². The van der Waals surface area contributed by atoms with E-state index in [4.69, 9.17) is 14.2 Å². The van der Waals surface area contributed by atoms with Gasteiger partial charge >= 0.3 is 0 Å². The van der Waals surface area contributed by atoms with Crippen molar-refractivity contribution < 1.29 is 23.8 Å². The maximum Gasteiger partial charge on any atom is 0.268 e. The number of anilines is 2. The van der Waals surface area contributed by atoms with Crippen molar-refractivity contribution in [3.05, 3.63) is 42.0 Å². The molecular weight excluding hydrogens is 348 g/mol. The molecule has 0 saturated carbocycles. The zero-order valence-electron chi connectivity index (χ0n) is 15.2. The lowest BCUT2D eigenvalue weighted by atomic mass is 10.1. The molecule has 7 nitrogen and oxygen atoms in total. The zero-order chi connectivity index (χ0) is 19.0. The first kappa shape index (κ1) is 17.2. The van der Waals surface area contributed by atoms with Crippen LogP contribution in [0.5, 0.6) is 17.2 Å². The van der Waals surface area contributed by atoms with Gasteiger partial charge < -0.3 is 19.5 Å². The number of carbonyl (C=O) groups excluding carboxylic acids is 2. The van der Waals surface area contributed by atoms with E-state index >= 15 is 0 Å². The number of hydrogen-bond acceptors (Lipinski definition) is 5. The number of aryl methyl sites for hydroxylation is 1. The van der Waals surface area contributed by atoms with Gasteiger partial charge in [-0.15, -0.1) is 0 Å². The van der Waals surface area contributed by atoms with Gasteiger partial charge in [0.25, 0.3) is 5.91 Å². The summed E-state index contributed by atoms with van der Waals surface area (Å²) in [5.41, 5.74) is 2.19. The fraction of sp³-hybridized carbons (Fsp3) is 0.300. The average molecular weight is 368 g/mol. The van der Waals surface area contributed by atoms with Crippen molar-refractivity contribution in [1.82, 2.24) is 0 Å². The van der Waals surface area contributed by atoms with Gasteiger partial charge in [-0.25, -0.2) is 0 Å². The molecule has 0 aromatic heterocycles. The molecule has 0 saturated heterocycles. The number of carbonyl (C=O) groups is 2. The van der Waals surface area contributed by atoms with Gasteiger partial charge in [0.05, 0.1) is 5.69 Å². The van der Waals surface area contributed by atoms with E-state index < -0.39 is 6.10 Å². The molecular formula is C20H20N2O5. The molecule has 0 bridgehead atoms. The molecule has 140 valence electrons. The van der Waals surface area contributed by atoms with E-state index in [2.05, 4.69) is 5.32 Å². The van der Waals surface area contributed by atoms with Gasteiger partial charge in [-0.05, 0) is 43.2 Å². The van der Waals surface area contributed by atoms with Crippen LogP contribution in [0.1, 0.15) is 18.9 Å². The second-order valence-electron chi connectivity index (χ2n) is 6.53. The second-order valence-corrected chi connectivity index (χ2v) is 6.53. The van der Waals surface area contributed by atoms with Crippen molar-refractivity contribution in [2.75, 3.05) is 23.6 Å². The lowest BCUT2D eigenvalue weighted by molar-refractivity contribution is -0.128. The number of hydrogen-bond donors (Lipinski definition) is 1. The quantitative estimate of drug-likeness (QED) is 0.898. The third-order valence-electron chi connectivity index (χ3n) is 4.54. The molecule has 2 aromatic rings. The first-order chi connectivity index (χ1) is 13.0. The van der Waals surface area contributed by atoms with Crippen LogP contribution in [0.4, 0.5) is 11.4 Å². The zero-order valence-corrected chi connectivity index (χ0v) is 15.2. The Kier molecular flexibility index (Phi) is 4.35. The maximum atomic E-state index is 12.8. The van der Waals surface area contributed by atoms with Crippen LogP contribution in [-0.4, -0.2) is 31.3 Å². The highest BCUT2D eigenvalue weighted by molar-refractivity contribution is 6.06. The SMILES string of the molecule is CCC1Oc2ccc(C)cc2N(CC(=O)Nc2ccc3c(c2)OCO3)C1=O. The van der Waals surface area contributed by atoms with Crippen LogP contribution in [0.25, 0.3) is 0 Å². The molecule has 2 aliphatic rings. The summed E-state index contributed by atoms with van der Waals surface area (Å²) in [5.74, 6) is 1.33. The number of nitrogens with zero attached hydrogens (tertiary/aromatic N) is 1. The van der Waals surface area contributed by atoms with Crippen LogP contribution in [0.15, 0.2) is 36.4 Å². The Morgan fingerprint density at radius 2 is 1.93 bits per heavy atom. The van der Waals surface area contributed by atoms with Crippen molar-refractivity contribution in [3.8, 4) is 17.2 Å². The maximum absolute atomic E-state index is 12.8. The van der Waals surface area contributed by atoms with Crippen LogP contribution < -0.4 is 24.4 Å². The molecule has 4 rings (SSSR count). The van der Waals surface area contributed by atoms with Crippen LogP contribution >= 0.6 is 0 Å². The molecule has 1 unspecified atom stereocenters. The summed E-state index contributed by atoms with van der Waals surface area (Å²) in [6.45, 7) is 3.89. The minimum absolute atomic E-state index is 0.0937. The summed E-state index contributed by atoms with van der Waals surface area (Å²) in [7, 11) is 0. The van der Waals surface area contributed by atoms with Gasteiger partial charge in [0.1, 0.15) is 12.3 Å². The fourth-order valence-corrected chi connectivity index (χ4v) is 3.17. The minimum atomic E-state index is -0.585. The molecule has 27 heavy (non-hydrogen) atoms. The lowest BCUT2D eigenvalue weighted by Gasteiger charge is -2.33. The summed E-state index contributed by atoms with van der Waals surface area (Å²) >= 11 is 0. The summed E-state index contributed by atoms with van der Waals surface area (Å²) in [6.07, 6.45) is -0.0505. The van der Waals surface area contributed by atoms with E-state index in [0.29, 0.717) is 35.0 Å². The molecule has 2 heterocycles. The van der Waals surface area contributed by atoms with Gasteiger partial charge in [0.15, 0.2) is 17.6 Å². The first-order valence-electron chi connectivity index (χ1n) is 8.83. The van der Waals surface area contributed by atoms with Crippen LogP contribution in [-0.2, 0) is 9.59 Å². The summed E-state index contributed by atoms with van der Waals surface area (Å²) in [5, 5.41) is 2.81. The monoisotopic (exact) mass is 368 g/mol. The highest BCUT2D eigenvalue weighted by Gasteiger charge is 2.34. The molecule has 0 spiro atoms. The topological polar surface area (TPSA) is 77.1 Å². The predicted molar refractivity (Wildman–Crippen MR) is 99.4 cm³/mol. The molecule has 7 heteroatoms. The van der Waals surface area contributed by atoms with Crippen molar-refractivity contribution in [3.63, 3.8) is 0 Å². The number of rotatable bonds is 4. The Bertz CT molecular complexity index is 911. The highest BCUT2D eigenvalue weighted by Crippen LogP contribution is 2.36. The minimum Gasteiger partial charge on any atom is -0.478 e. The number of fused-ring (bicyclic) bond motifs is 2. The molecule has 0 fully saturated rings. The van der Waals surface area contributed by atoms with Gasteiger partial charge in [-0.1, -0.05) is 13.0 Å². The molecule has 2 aliphatic heterocycles. The number of amides is 2. The summed E-state index contributed by atoms with van der Waals surface area (Å²) in [6, 6.07) is 10.8. The van der Waals surface area contributed by atoms with E-state index in [9.17, 15) is 9.59 Å². The van der Waals surface area contributed by atoms with Gasteiger partial charge in [-0.3, -0.25) is 14.5 Å². The van der Waals surface area contributed by atoms with Gasteiger partial charge in [0, 0.05) is 11.8 Å². The second kappa shape index (κ2) is 6.83. The normalized spacial score (nSPS) is 17.3. The third kappa shape index (κ3) is 3.28. The average Bonchev–Trinajstić information content (AvgIpc) is 3.12. The Labute approximate surface area is 156 Å². The smallest absolute Gasteiger partial charge is 0.268 e. The van der Waals surface area contributed by atoms with E-state index in [1.807, 2.05) is 32.0 Å². The van der Waals surface area contributed by atoms with Crippen LogP contribution in [0.3, 0.4) is 0 Å². The standard InChI is InChI=1S/C20H20N2O5/c1-3-15-20(24)22(14-8-12(2)4-6-16(14)27-15)10-19(23)21-13-5-7-17-18(9-13)26-11-25-17/h4-9,15H,3,10-11H2,1-2H3,(H,21,23).